The van der Waals surface area contributed by atoms with E-state index < -0.39 is 28.5 Å². The Morgan fingerprint density at radius 3 is 2.55 bits per heavy atom. The van der Waals surface area contributed by atoms with E-state index in [0.717, 1.165) is 6.08 Å². The van der Waals surface area contributed by atoms with Gasteiger partial charge in [0, 0.05) is 25.2 Å². The lowest BCUT2D eigenvalue weighted by Crippen LogP contribution is -2.40. The molecule has 1 aromatic heterocycles. The zero-order valence-corrected chi connectivity index (χ0v) is 16.1. The van der Waals surface area contributed by atoms with Crippen molar-refractivity contribution in [2.45, 2.75) is 4.90 Å². The average molecular weight is 421 g/mol. The fourth-order valence-electron chi connectivity index (χ4n) is 2.49. The molecule has 1 aliphatic rings. The van der Waals surface area contributed by atoms with Crippen molar-refractivity contribution in [3.63, 3.8) is 0 Å². The number of hydrogen-bond acceptors (Lipinski definition) is 8. The largest absolute Gasteiger partial charge is 0.452 e. The number of carbonyl (C=O) groups is 2. The number of amides is 1. The molecule has 1 aromatic carbocycles. The third-order valence-electron chi connectivity index (χ3n) is 3.95. The smallest absolute Gasteiger partial charge is 0.331 e. The lowest BCUT2D eigenvalue weighted by Gasteiger charge is -2.26. The quantitative estimate of drug-likeness (QED) is 0.516. The van der Waals surface area contributed by atoms with E-state index in [9.17, 15) is 18.0 Å². The van der Waals surface area contributed by atoms with E-state index in [1.807, 2.05) is 0 Å². The number of carbonyl (C=O) groups excluding carboxylic acids is 2. The molecule has 0 aliphatic carbocycles. The number of nitrogens with one attached hydrogen (secondary N) is 1. The highest BCUT2D eigenvalue weighted by Gasteiger charge is 2.25. The van der Waals surface area contributed by atoms with Crippen molar-refractivity contribution in [3.05, 3.63) is 48.2 Å². The average Bonchev–Trinajstić information content (AvgIpc) is 3.24. The highest BCUT2D eigenvalue weighted by atomic mass is 32.2. The molecule has 0 atom stereocenters. The number of hydrogen-bond donors (Lipinski definition) is 1. The fourth-order valence-corrected chi connectivity index (χ4v) is 3.90. The molecule has 154 valence electrons. The summed E-state index contributed by atoms with van der Waals surface area (Å²) in [4.78, 5) is 23.5. The van der Waals surface area contributed by atoms with Crippen molar-refractivity contribution in [2.75, 3.05) is 38.2 Å². The minimum absolute atomic E-state index is 0.170. The van der Waals surface area contributed by atoms with Crippen molar-refractivity contribution < 1.29 is 32.0 Å². The van der Waals surface area contributed by atoms with Crippen LogP contribution in [0.1, 0.15) is 5.56 Å². The molecule has 2 heterocycles. The molecule has 1 saturated heterocycles. The standard InChI is InChI=1S/C18H19N3O7S/c22-17(19-16-7-10-28-20-16)13-27-18(23)6-3-14-1-4-15(5-2-14)29(24,25)21-8-11-26-12-9-21/h1-7,10H,8-9,11-13H2,(H,19,20,22)/b6-3+. The van der Waals surface area contributed by atoms with Gasteiger partial charge in [0.15, 0.2) is 12.4 Å². The summed E-state index contributed by atoms with van der Waals surface area (Å²) < 4.78 is 41.0. The zero-order valence-electron chi connectivity index (χ0n) is 15.3. The van der Waals surface area contributed by atoms with Crippen LogP contribution in [0, 0.1) is 0 Å². The molecule has 2 aromatic rings. The molecule has 3 rings (SSSR count). The van der Waals surface area contributed by atoms with Crippen molar-refractivity contribution in [1.82, 2.24) is 9.46 Å². The van der Waals surface area contributed by atoms with Crippen LogP contribution in [-0.4, -0.2) is 62.7 Å². The van der Waals surface area contributed by atoms with Crippen LogP contribution in [0.25, 0.3) is 6.08 Å². The van der Waals surface area contributed by atoms with Gasteiger partial charge in [-0.2, -0.15) is 4.31 Å². The molecule has 1 amide bonds. The predicted molar refractivity (Wildman–Crippen MR) is 101 cm³/mol. The van der Waals surface area contributed by atoms with E-state index >= 15 is 0 Å². The second-order valence-electron chi connectivity index (χ2n) is 5.96. The van der Waals surface area contributed by atoms with Crippen LogP contribution in [0.15, 0.2) is 52.1 Å². The first kappa shape index (κ1) is 20.7. The first-order chi connectivity index (χ1) is 13.9. The van der Waals surface area contributed by atoms with Gasteiger partial charge >= 0.3 is 5.97 Å². The third kappa shape index (κ3) is 5.73. The topological polar surface area (TPSA) is 128 Å². The van der Waals surface area contributed by atoms with Gasteiger partial charge in [-0.05, 0) is 23.8 Å². The Morgan fingerprint density at radius 2 is 1.90 bits per heavy atom. The molecule has 10 nitrogen and oxygen atoms in total. The van der Waals surface area contributed by atoms with E-state index in [1.165, 1.54) is 34.8 Å². The Bertz CT molecular complexity index is 963. The molecule has 1 aliphatic heterocycles. The fraction of sp³-hybridized carbons (Fsp3) is 0.278. The van der Waals surface area contributed by atoms with Crippen molar-refractivity contribution in [3.8, 4) is 0 Å². The van der Waals surface area contributed by atoms with Crippen molar-refractivity contribution in [1.29, 1.82) is 0 Å². The van der Waals surface area contributed by atoms with Crippen molar-refractivity contribution in [2.24, 2.45) is 0 Å². The first-order valence-corrected chi connectivity index (χ1v) is 10.1. The third-order valence-corrected chi connectivity index (χ3v) is 5.86. The molecular weight excluding hydrogens is 402 g/mol. The second kappa shape index (κ2) is 9.45. The Labute approximate surface area is 167 Å². The zero-order chi connectivity index (χ0) is 20.7. The number of benzene rings is 1. The number of morpholine rings is 1. The van der Waals surface area contributed by atoms with Gasteiger partial charge in [0.25, 0.3) is 5.91 Å². The van der Waals surface area contributed by atoms with Gasteiger partial charge < -0.3 is 19.3 Å². The first-order valence-electron chi connectivity index (χ1n) is 8.68. The Kier molecular flexibility index (Phi) is 6.75. The Morgan fingerprint density at radius 1 is 1.17 bits per heavy atom. The summed E-state index contributed by atoms with van der Waals surface area (Å²) in [5.41, 5.74) is 0.606. The molecule has 0 bridgehead atoms. The van der Waals surface area contributed by atoms with Crippen LogP contribution >= 0.6 is 0 Å². The summed E-state index contributed by atoms with van der Waals surface area (Å²) in [7, 11) is -3.57. The molecule has 1 N–H and O–H groups in total. The minimum atomic E-state index is -3.57. The number of sulfonamides is 1. The summed E-state index contributed by atoms with van der Waals surface area (Å²) in [5, 5.41) is 5.88. The van der Waals surface area contributed by atoms with Crippen LogP contribution in [0.2, 0.25) is 0 Å². The Balaban J connectivity index is 1.51. The van der Waals surface area contributed by atoms with Gasteiger partial charge in [-0.15, -0.1) is 0 Å². The molecule has 0 unspecified atom stereocenters. The summed E-state index contributed by atoms with van der Waals surface area (Å²) in [6.45, 7) is 0.907. The monoisotopic (exact) mass is 421 g/mol. The van der Waals surface area contributed by atoms with Crippen LogP contribution in [-0.2, 0) is 29.1 Å². The Hall–Kier alpha value is -3.02. The van der Waals surface area contributed by atoms with Gasteiger partial charge in [-0.1, -0.05) is 17.3 Å². The van der Waals surface area contributed by atoms with E-state index in [4.69, 9.17) is 9.47 Å². The van der Waals surface area contributed by atoms with Crippen LogP contribution in [0.4, 0.5) is 5.82 Å². The second-order valence-corrected chi connectivity index (χ2v) is 7.90. The number of rotatable bonds is 7. The maximum Gasteiger partial charge on any atom is 0.331 e. The van der Waals surface area contributed by atoms with Crippen LogP contribution in [0.3, 0.4) is 0 Å². The lowest BCUT2D eigenvalue weighted by atomic mass is 10.2. The van der Waals surface area contributed by atoms with Crippen LogP contribution in [0.5, 0.6) is 0 Å². The van der Waals surface area contributed by atoms with E-state index in [1.54, 1.807) is 12.1 Å². The molecular formula is C18H19N3O7S. The molecule has 0 saturated carbocycles. The van der Waals surface area contributed by atoms with Gasteiger partial charge in [0.2, 0.25) is 10.0 Å². The van der Waals surface area contributed by atoms with Crippen molar-refractivity contribution >= 4 is 33.8 Å². The summed E-state index contributed by atoms with van der Waals surface area (Å²) in [6.07, 6.45) is 3.90. The molecule has 1 fully saturated rings. The normalized spacial score (nSPS) is 15.3. The van der Waals surface area contributed by atoms with E-state index in [2.05, 4.69) is 15.0 Å². The van der Waals surface area contributed by atoms with E-state index in [0.29, 0.717) is 31.9 Å². The van der Waals surface area contributed by atoms with Gasteiger partial charge in [0.1, 0.15) is 6.26 Å². The summed E-state index contributed by atoms with van der Waals surface area (Å²) in [5.74, 6) is -1.06. The molecule has 11 heteroatoms. The van der Waals surface area contributed by atoms with Crippen LogP contribution < -0.4 is 5.32 Å². The molecule has 0 spiro atoms. The van der Waals surface area contributed by atoms with Gasteiger partial charge in [-0.3, -0.25) is 4.79 Å². The van der Waals surface area contributed by atoms with E-state index in [-0.39, 0.29) is 10.7 Å². The lowest BCUT2D eigenvalue weighted by molar-refractivity contribution is -0.142. The van der Waals surface area contributed by atoms with Gasteiger partial charge in [-0.25, -0.2) is 13.2 Å². The number of nitrogens with zero attached hydrogens (tertiary/aromatic N) is 2. The minimum Gasteiger partial charge on any atom is -0.452 e. The van der Waals surface area contributed by atoms with Gasteiger partial charge in [0.05, 0.1) is 18.1 Å². The maximum atomic E-state index is 12.6. The summed E-state index contributed by atoms with van der Waals surface area (Å²) in [6, 6.07) is 7.55. The SMILES string of the molecule is O=C(COC(=O)/C=C/c1ccc(S(=O)(=O)N2CCOCC2)cc1)Nc1ccon1. The number of aromatic nitrogens is 1. The number of esters is 1. The number of ether oxygens (including phenoxy) is 2. The molecule has 0 radical (unpaired) electrons. The highest BCUT2D eigenvalue weighted by Crippen LogP contribution is 2.18. The highest BCUT2D eigenvalue weighted by molar-refractivity contribution is 7.89. The molecule has 29 heavy (non-hydrogen) atoms. The number of anilines is 1. The predicted octanol–water partition coefficient (Wildman–Crippen LogP) is 0.891. The summed E-state index contributed by atoms with van der Waals surface area (Å²) >= 11 is 0. The maximum absolute atomic E-state index is 12.6.